The highest BCUT2D eigenvalue weighted by Crippen LogP contribution is 2.45. The number of hydrogen-bond acceptors (Lipinski definition) is 5. The molecule has 2 aliphatic rings. The van der Waals surface area contributed by atoms with Crippen LogP contribution < -0.4 is 10.9 Å². The average Bonchev–Trinajstić information content (AvgIpc) is 3.44. The van der Waals surface area contributed by atoms with Crippen LogP contribution in [0.1, 0.15) is 32.3 Å². The third-order valence-electron chi connectivity index (χ3n) is 5.33. The first kappa shape index (κ1) is 20.4. The van der Waals surface area contributed by atoms with Gasteiger partial charge >= 0.3 is 0 Å². The Morgan fingerprint density at radius 1 is 1.32 bits per heavy atom. The van der Waals surface area contributed by atoms with Gasteiger partial charge in [-0.25, -0.2) is 15.0 Å². The van der Waals surface area contributed by atoms with Gasteiger partial charge in [0.1, 0.15) is 0 Å². The predicted octanol–water partition coefficient (Wildman–Crippen LogP) is 2.18. The van der Waals surface area contributed by atoms with E-state index in [1.165, 1.54) is 12.5 Å². The smallest absolute Gasteiger partial charge is 0.289 e. The van der Waals surface area contributed by atoms with E-state index in [9.17, 15) is 9.59 Å². The van der Waals surface area contributed by atoms with Gasteiger partial charge in [-0.2, -0.15) is 5.10 Å². The summed E-state index contributed by atoms with van der Waals surface area (Å²) >= 11 is 0. The molecule has 2 aromatic rings. The van der Waals surface area contributed by atoms with Crippen molar-refractivity contribution in [2.24, 2.45) is 10.1 Å². The summed E-state index contributed by atoms with van der Waals surface area (Å²) < 4.78 is 0. The Morgan fingerprint density at radius 3 is 2.65 bits per heavy atom. The lowest BCUT2D eigenvalue weighted by molar-refractivity contribution is -0.115. The number of amides is 1. The minimum atomic E-state index is -0.554. The molecular formula is C22H23N7O2. The molecule has 1 fully saturated rings. The van der Waals surface area contributed by atoms with Gasteiger partial charge in [-0.1, -0.05) is 30.8 Å². The molecule has 1 aromatic carbocycles. The minimum Gasteiger partial charge on any atom is -0.340 e. The predicted molar refractivity (Wildman–Crippen MR) is 119 cm³/mol. The Balaban J connectivity index is 1.49. The van der Waals surface area contributed by atoms with Crippen LogP contribution in [0.3, 0.4) is 0 Å². The van der Waals surface area contributed by atoms with E-state index >= 15 is 0 Å². The second kappa shape index (κ2) is 7.75. The topological polar surface area (TPSA) is 127 Å². The summed E-state index contributed by atoms with van der Waals surface area (Å²) in [5, 5.41) is 16.9. The largest absolute Gasteiger partial charge is 0.340 e. The fraction of sp³-hybridized carbons (Fsp3) is 0.273. The number of nitrogens with zero attached hydrogens (tertiary/aromatic N) is 4. The molecule has 1 aliphatic carbocycles. The first-order chi connectivity index (χ1) is 14.8. The van der Waals surface area contributed by atoms with E-state index in [4.69, 9.17) is 5.41 Å². The standard InChI is InChI=1S/C22H23N7O2/c1-13(2)29-19(14(3)10-26-29)27-18(23)21(31)28-22(8-9-22)16-6-4-15(5-7-16)17-11-24-12-25-20(17)30/h4-7,10-13,23H,3,8-9H2,1-2H3,(H,28,31)(H,24,25,30). The van der Waals surface area contributed by atoms with Crippen LogP contribution in [0.4, 0.5) is 0 Å². The second-order valence-electron chi connectivity index (χ2n) is 7.90. The van der Waals surface area contributed by atoms with Crippen LogP contribution in [-0.4, -0.2) is 44.8 Å². The van der Waals surface area contributed by atoms with Crippen LogP contribution in [0.2, 0.25) is 0 Å². The van der Waals surface area contributed by atoms with E-state index in [0.717, 1.165) is 24.0 Å². The first-order valence-corrected chi connectivity index (χ1v) is 9.96. The molecule has 0 atom stereocenters. The van der Waals surface area contributed by atoms with Gasteiger partial charge in [0.25, 0.3) is 11.5 Å². The first-order valence-electron chi connectivity index (χ1n) is 9.96. The molecule has 9 nitrogen and oxygen atoms in total. The highest BCUT2D eigenvalue weighted by molar-refractivity contribution is 6.40. The third kappa shape index (κ3) is 3.94. The molecule has 31 heavy (non-hydrogen) atoms. The van der Waals surface area contributed by atoms with E-state index in [2.05, 4.69) is 32.0 Å². The normalized spacial score (nSPS) is 18.0. The van der Waals surface area contributed by atoms with Gasteiger partial charge in [0.2, 0.25) is 5.84 Å². The molecule has 1 aliphatic heterocycles. The van der Waals surface area contributed by atoms with Crippen molar-refractivity contribution >= 4 is 23.8 Å². The Kier molecular flexibility index (Phi) is 5.10. The maximum absolute atomic E-state index is 12.7. The average molecular weight is 417 g/mol. The van der Waals surface area contributed by atoms with Crippen molar-refractivity contribution in [2.45, 2.75) is 38.3 Å². The molecule has 9 heteroatoms. The van der Waals surface area contributed by atoms with Crippen molar-refractivity contribution in [3.63, 3.8) is 0 Å². The summed E-state index contributed by atoms with van der Waals surface area (Å²) in [6, 6.07) is 7.47. The lowest BCUT2D eigenvalue weighted by Gasteiger charge is -2.20. The number of carbonyl (C=O) groups is 1. The maximum Gasteiger partial charge on any atom is 0.289 e. The number of aromatic nitrogens is 2. The van der Waals surface area contributed by atoms with Gasteiger partial charge in [0, 0.05) is 17.8 Å². The van der Waals surface area contributed by atoms with Crippen molar-refractivity contribution in [1.29, 1.82) is 5.41 Å². The number of rotatable bonds is 4. The Bertz CT molecular complexity index is 1170. The lowest BCUT2D eigenvalue weighted by Crippen LogP contribution is -2.39. The van der Waals surface area contributed by atoms with Crippen molar-refractivity contribution in [1.82, 2.24) is 20.3 Å². The number of aliphatic imine (C=N–C) groups is 1. The SMILES string of the molecule is C=C1C=NN(C(C)C)C1=NC(=N)C(=O)NC1(c2ccc(-c3cnc[nH]c3=O)cc2)CC1. The summed E-state index contributed by atoms with van der Waals surface area (Å²) in [7, 11) is 0. The van der Waals surface area contributed by atoms with E-state index in [1.54, 1.807) is 11.2 Å². The van der Waals surface area contributed by atoms with Gasteiger partial charge in [-0.15, -0.1) is 0 Å². The number of H-pyrrole nitrogens is 1. The molecule has 0 bridgehead atoms. The molecule has 0 spiro atoms. The zero-order valence-corrected chi connectivity index (χ0v) is 17.3. The van der Waals surface area contributed by atoms with Crippen LogP contribution in [-0.2, 0) is 10.3 Å². The van der Waals surface area contributed by atoms with Crippen molar-refractivity contribution < 1.29 is 4.79 Å². The van der Waals surface area contributed by atoms with Crippen LogP contribution in [0, 0.1) is 5.41 Å². The number of nitrogens with one attached hydrogen (secondary N) is 3. The minimum absolute atomic E-state index is 0.0328. The van der Waals surface area contributed by atoms with E-state index < -0.39 is 17.3 Å². The maximum atomic E-state index is 12.7. The highest BCUT2D eigenvalue weighted by atomic mass is 16.2. The molecular weight excluding hydrogens is 394 g/mol. The van der Waals surface area contributed by atoms with Crippen molar-refractivity contribution in [3.8, 4) is 11.1 Å². The molecule has 0 saturated heterocycles. The Morgan fingerprint density at radius 2 is 2.03 bits per heavy atom. The molecule has 3 N–H and O–H groups in total. The van der Waals surface area contributed by atoms with E-state index in [1.807, 2.05) is 38.1 Å². The van der Waals surface area contributed by atoms with E-state index in [-0.39, 0.29) is 11.6 Å². The Labute approximate surface area is 179 Å². The van der Waals surface area contributed by atoms with Crippen LogP contribution in [0.15, 0.2) is 63.8 Å². The van der Waals surface area contributed by atoms with Crippen LogP contribution in [0.5, 0.6) is 0 Å². The number of aromatic amines is 1. The molecule has 0 radical (unpaired) electrons. The van der Waals surface area contributed by atoms with Gasteiger partial charge < -0.3 is 10.3 Å². The summed E-state index contributed by atoms with van der Waals surface area (Å²) in [6.45, 7) is 7.76. The van der Waals surface area contributed by atoms with Crippen LogP contribution in [0.25, 0.3) is 11.1 Å². The molecule has 1 amide bonds. The summed E-state index contributed by atoms with van der Waals surface area (Å²) in [5.41, 5.74) is 1.97. The molecule has 4 rings (SSSR count). The zero-order chi connectivity index (χ0) is 22.2. The molecule has 0 unspecified atom stereocenters. The van der Waals surface area contributed by atoms with Crippen molar-refractivity contribution in [2.75, 3.05) is 0 Å². The summed E-state index contributed by atoms with van der Waals surface area (Å²) in [4.78, 5) is 35.3. The van der Waals surface area contributed by atoms with Gasteiger partial charge in [-0.05, 0) is 37.8 Å². The second-order valence-corrected chi connectivity index (χ2v) is 7.90. The monoisotopic (exact) mass is 417 g/mol. The van der Waals surface area contributed by atoms with Crippen molar-refractivity contribution in [3.05, 3.63) is 64.9 Å². The van der Waals surface area contributed by atoms with Gasteiger partial charge in [-0.3, -0.25) is 15.0 Å². The number of hydrazone groups is 1. The Hall–Kier alpha value is -3.88. The lowest BCUT2D eigenvalue weighted by atomic mass is 10.0. The van der Waals surface area contributed by atoms with Crippen LogP contribution >= 0.6 is 0 Å². The number of carbonyl (C=O) groups excluding carboxylic acids is 1. The fourth-order valence-corrected chi connectivity index (χ4v) is 3.45. The zero-order valence-electron chi connectivity index (χ0n) is 17.3. The number of amidine groups is 2. The van der Waals surface area contributed by atoms with E-state index in [0.29, 0.717) is 17.0 Å². The molecule has 2 heterocycles. The number of benzene rings is 1. The third-order valence-corrected chi connectivity index (χ3v) is 5.33. The fourth-order valence-electron chi connectivity index (χ4n) is 3.45. The van der Waals surface area contributed by atoms with Gasteiger partial charge in [0.05, 0.1) is 23.6 Å². The summed E-state index contributed by atoms with van der Waals surface area (Å²) in [5.74, 6) is -0.538. The highest BCUT2D eigenvalue weighted by Gasteiger charge is 2.46. The quantitative estimate of drug-likeness (QED) is 0.520. The molecule has 1 saturated carbocycles. The molecule has 1 aromatic heterocycles. The van der Waals surface area contributed by atoms with Gasteiger partial charge in [0.15, 0.2) is 5.84 Å². The number of hydrogen-bond donors (Lipinski definition) is 3. The molecule has 158 valence electrons. The summed E-state index contributed by atoms with van der Waals surface area (Å²) in [6.07, 6.45) is 5.97.